The topological polar surface area (TPSA) is 49.6 Å². The Bertz CT molecular complexity index is 678. The number of fused-ring (bicyclic) bond motifs is 1. The number of likely N-dealkylation sites (tertiary alicyclic amines) is 2. The first-order chi connectivity index (χ1) is 12.3. The fourth-order valence-electron chi connectivity index (χ4n) is 4.07. The van der Waals surface area contributed by atoms with Crippen molar-refractivity contribution in [1.82, 2.24) is 14.8 Å². The minimum absolute atomic E-state index is 0.206. The quantitative estimate of drug-likeness (QED) is 0.858. The van der Waals surface area contributed by atoms with E-state index in [4.69, 9.17) is 4.42 Å². The molecular weight excluding hydrogens is 314 g/mol. The summed E-state index contributed by atoms with van der Waals surface area (Å²) in [5.41, 5.74) is 1.77. The van der Waals surface area contributed by atoms with Crippen molar-refractivity contribution in [3.8, 4) is 0 Å². The minimum atomic E-state index is 0.206. The summed E-state index contributed by atoms with van der Waals surface area (Å²) in [6.07, 6.45) is 6.79. The summed E-state index contributed by atoms with van der Waals surface area (Å²) >= 11 is 0. The van der Waals surface area contributed by atoms with Crippen molar-refractivity contribution in [2.24, 2.45) is 5.92 Å². The molecule has 3 heterocycles. The summed E-state index contributed by atoms with van der Waals surface area (Å²) in [5, 5.41) is 0. The summed E-state index contributed by atoms with van der Waals surface area (Å²) in [6, 6.07) is 7.89. The van der Waals surface area contributed by atoms with E-state index in [9.17, 15) is 4.79 Å². The second kappa shape index (κ2) is 7.56. The molecule has 0 atom stereocenters. The predicted octanol–water partition coefficient (Wildman–Crippen LogP) is 3.44. The Hall–Kier alpha value is -1.88. The molecule has 25 heavy (non-hydrogen) atoms. The van der Waals surface area contributed by atoms with Crippen LogP contribution in [0.3, 0.4) is 0 Å². The van der Waals surface area contributed by atoms with Gasteiger partial charge in [0.1, 0.15) is 5.52 Å². The fourth-order valence-corrected chi connectivity index (χ4v) is 4.07. The van der Waals surface area contributed by atoms with Gasteiger partial charge >= 0.3 is 0 Å². The van der Waals surface area contributed by atoms with E-state index in [2.05, 4.69) is 14.8 Å². The number of nitrogens with zero attached hydrogens (tertiary/aromatic N) is 3. The molecule has 0 bridgehead atoms. The van der Waals surface area contributed by atoms with E-state index in [-0.39, 0.29) is 5.92 Å². The number of hydrogen-bond donors (Lipinski definition) is 0. The maximum absolute atomic E-state index is 12.8. The minimum Gasteiger partial charge on any atom is -0.439 e. The van der Waals surface area contributed by atoms with Crippen LogP contribution in [0, 0.1) is 5.92 Å². The Balaban J connectivity index is 1.31. The lowest BCUT2D eigenvalue weighted by molar-refractivity contribution is -0.137. The molecular formula is C20H27N3O2. The average Bonchev–Trinajstić information content (AvgIpc) is 2.86. The Morgan fingerprint density at radius 1 is 1.04 bits per heavy atom. The second-order valence-electron chi connectivity index (χ2n) is 7.37. The van der Waals surface area contributed by atoms with Crippen LogP contribution in [0.5, 0.6) is 0 Å². The van der Waals surface area contributed by atoms with Gasteiger partial charge in [-0.05, 0) is 50.9 Å². The van der Waals surface area contributed by atoms with Crippen LogP contribution >= 0.6 is 0 Å². The van der Waals surface area contributed by atoms with Crippen molar-refractivity contribution >= 4 is 17.0 Å². The first-order valence-corrected chi connectivity index (χ1v) is 9.65. The van der Waals surface area contributed by atoms with Crippen molar-refractivity contribution in [3.63, 3.8) is 0 Å². The number of para-hydroxylation sites is 2. The van der Waals surface area contributed by atoms with Crippen molar-refractivity contribution in [2.75, 3.05) is 26.2 Å². The molecule has 2 aliphatic heterocycles. The Morgan fingerprint density at radius 2 is 1.76 bits per heavy atom. The van der Waals surface area contributed by atoms with Crippen molar-refractivity contribution in [3.05, 3.63) is 30.2 Å². The van der Waals surface area contributed by atoms with Crippen LogP contribution in [0.4, 0.5) is 0 Å². The van der Waals surface area contributed by atoms with E-state index in [0.717, 1.165) is 62.6 Å². The molecule has 5 heteroatoms. The van der Waals surface area contributed by atoms with Gasteiger partial charge in [0.2, 0.25) is 11.8 Å². The predicted molar refractivity (Wildman–Crippen MR) is 97.1 cm³/mol. The normalized spacial score (nSPS) is 20.7. The van der Waals surface area contributed by atoms with E-state index in [1.165, 1.54) is 25.7 Å². The third-order valence-electron chi connectivity index (χ3n) is 5.55. The molecule has 134 valence electrons. The van der Waals surface area contributed by atoms with Gasteiger partial charge in [0.25, 0.3) is 0 Å². The Kier molecular flexibility index (Phi) is 5.02. The van der Waals surface area contributed by atoms with Gasteiger partial charge in [-0.1, -0.05) is 25.0 Å². The van der Waals surface area contributed by atoms with Crippen LogP contribution < -0.4 is 0 Å². The molecule has 0 spiro atoms. The summed E-state index contributed by atoms with van der Waals surface area (Å²) in [4.78, 5) is 21.8. The molecule has 2 aromatic rings. The lowest BCUT2D eigenvalue weighted by Gasteiger charge is -2.33. The number of carbonyl (C=O) groups excluding carboxylic acids is 1. The highest BCUT2D eigenvalue weighted by Gasteiger charge is 2.29. The molecule has 0 aliphatic carbocycles. The molecule has 2 saturated heterocycles. The number of oxazole rings is 1. The second-order valence-corrected chi connectivity index (χ2v) is 7.37. The highest BCUT2D eigenvalue weighted by atomic mass is 16.3. The molecule has 2 aliphatic rings. The molecule has 0 radical (unpaired) electrons. The van der Waals surface area contributed by atoms with Gasteiger partial charge in [0.15, 0.2) is 5.58 Å². The molecule has 2 fully saturated rings. The fraction of sp³-hybridized carbons (Fsp3) is 0.600. The van der Waals surface area contributed by atoms with Crippen LogP contribution in [-0.2, 0) is 11.3 Å². The van der Waals surface area contributed by atoms with Crippen LogP contribution in [0.15, 0.2) is 28.7 Å². The summed E-state index contributed by atoms with van der Waals surface area (Å²) in [7, 11) is 0. The molecule has 4 rings (SSSR count). The molecule has 0 N–H and O–H groups in total. The maximum atomic E-state index is 12.8. The summed E-state index contributed by atoms with van der Waals surface area (Å²) in [5.74, 6) is 1.37. The molecule has 0 saturated carbocycles. The highest BCUT2D eigenvalue weighted by Crippen LogP contribution is 2.23. The number of aromatic nitrogens is 1. The highest BCUT2D eigenvalue weighted by molar-refractivity contribution is 5.79. The zero-order valence-corrected chi connectivity index (χ0v) is 14.8. The van der Waals surface area contributed by atoms with Gasteiger partial charge in [-0.15, -0.1) is 0 Å². The largest absolute Gasteiger partial charge is 0.439 e. The van der Waals surface area contributed by atoms with Crippen LogP contribution in [0.1, 0.15) is 44.4 Å². The van der Waals surface area contributed by atoms with E-state index in [0.29, 0.717) is 5.91 Å². The summed E-state index contributed by atoms with van der Waals surface area (Å²) in [6.45, 7) is 4.55. The molecule has 1 aromatic heterocycles. The molecule has 1 aromatic carbocycles. The number of hydrogen-bond acceptors (Lipinski definition) is 4. The number of amides is 1. The van der Waals surface area contributed by atoms with Gasteiger partial charge < -0.3 is 9.32 Å². The zero-order chi connectivity index (χ0) is 17.1. The molecule has 1 amide bonds. The van der Waals surface area contributed by atoms with Crippen LogP contribution in [0.2, 0.25) is 0 Å². The average molecular weight is 341 g/mol. The van der Waals surface area contributed by atoms with Gasteiger partial charge in [0.05, 0.1) is 6.54 Å². The standard InChI is InChI=1S/C20H27N3O2/c24-20(23-11-5-1-2-6-12-23)16-9-13-22(14-10-16)15-19-21-17-7-3-4-8-18(17)25-19/h3-4,7-8,16H,1-2,5-6,9-15H2. The smallest absolute Gasteiger partial charge is 0.225 e. The van der Waals surface area contributed by atoms with Crippen molar-refractivity contribution in [2.45, 2.75) is 45.1 Å². The van der Waals surface area contributed by atoms with Crippen LogP contribution in [0.25, 0.3) is 11.1 Å². The van der Waals surface area contributed by atoms with E-state index in [1.54, 1.807) is 0 Å². The number of rotatable bonds is 3. The maximum Gasteiger partial charge on any atom is 0.225 e. The van der Waals surface area contributed by atoms with Crippen molar-refractivity contribution in [1.29, 1.82) is 0 Å². The van der Waals surface area contributed by atoms with E-state index >= 15 is 0 Å². The monoisotopic (exact) mass is 341 g/mol. The summed E-state index contributed by atoms with van der Waals surface area (Å²) < 4.78 is 5.83. The number of piperidine rings is 1. The zero-order valence-electron chi connectivity index (χ0n) is 14.8. The van der Waals surface area contributed by atoms with Crippen LogP contribution in [-0.4, -0.2) is 46.9 Å². The van der Waals surface area contributed by atoms with E-state index < -0.39 is 0 Å². The van der Waals surface area contributed by atoms with Crippen molar-refractivity contribution < 1.29 is 9.21 Å². The first kappa shape index (κ1) is 16.6. The van der Waals surface area contributed by atoms with Gasteiger partial charge in [-0.25, -0.2) is 4.98 Å². The number of carbonyl (C=O) groups is 1. The lowest BCUT2D eigenvalue weighted by Crippen LogP contribution is -2.42. The van der Waals surface area contributed by atoms with E-state index in [1.807, 2.05) is 24.3 Å². The van der Waals surface area contributed by atoms with Gasteiger partial charge in [-0.2, -0.15) is 0 Å². The van der Waals surface area contributed by atoms with Gasteiger partial charge in [-0.3, -0.25) is 9.69 Å². The Morgan fingerprint density at radius 3 is 2.48 bits per heavy atom. The first-order valence-electron chi connectivity index (χ1n) is 9.65. The number of benzene rings is 1. The third-order valence-corrected chi connectivity index (χ3v) is 5.55. The lowest BCUT2D eigenvalue weighted by atomic mass is 9.95. The molecule has 5 nitrogen and oxygen atoms in total. The third kappa shape index (κ3) is 3.87. The van der Waals surface area contributed by atoms with Gasteiger partial charge in [0, 0.05) is 19.0 Å². The Labute approximate surface area is 149 Å². The SMILES string of the molecule is O=C(C1CCN(Cc2nc3ccccc3o2)CC1)N1CCCCCC1. The molecule has 0 unspecified atom stereocenters.